The number of rotatable bonds is 6. The standard InChI is InChI=1S/C15H21N7O3/c1-12-16-6-10-22(12)15(14(24)25)4-8-20(9-5-15)13(23)3-2-7-21-11-17-18-19-21/h6,10-11H,2-5,7-9H2,1H3,(H,24,25). The van der Waals surface area contributed by atoms with Crippen molar-refractivity contribution in [3.05, 3.63) is 24.5 Å². The summed E-state index contributed by atoms with van der Waals surface area (Å²) >= 11 is 0. The number of piperidine rings is 1. The minimum atomic E-state index is -1.02. The Labute approximate surface area is 144 Å². The summed E-state index contributed by atoms with van der Waals surface area (Å²) in [6.07, 6.45) is 6.61. The molecule has 0 aliphatic carbocycles. The smallest absolute Gasteiger partial charge is 0.330 e. The van der Waals surface area contributed by atoms with Gasteiger partial charge in [0.15, 0.2) is 0 Å². The number of nitrogens with zero attached hydrogens (tertiary/aromatic N) is 7. The number of hydrogen-bond acceptors (Lipinski definition) is 6. The number of aromatic nitrogens is 6. The maximum absolute atomic E-state index is 12.4. The zero-order valence-corrected chi connectivity index (χ0v) is 14.1. The van der Waals surface area contributed by atoms with Gasteiger partial charge in [-0.15, -0.1) is 5.10 Å². The van der Waals surface area contributed by atoms with E-state index in [0.717, 1.165) is 0 Å². The van der Waals surface area contributed by atoms with E-state index >= 15 is 0 Å². The predicted molar refractivity (Wildman–Crippen MR) is 85.4 cm³/mol. The van der Waals surface area contributed by atoms with Crippen molar-refractivity contribution >= 4 is 11.9 Å². The Hall–Kier alpha value is -2.78. The number of tetrazole rings is 1. The second-order valence-corrected chi connectivity index (χ2v) is 6.24. The third-order valence-corrected chi connectivity index (χ3v) is 4.80. The van der Waals surface area contributed by atoms with Gasteiger partial charge in [0.2, 0.25) is 5.91 Å². The number of likely N-dealkylation sites (tertiary alicyclic amines) is 1. The highest BCUT2D eigenvalue weighted by molar-refractivity contribution is 5.79. The van der Waals surface area contributed by atoms with Gasteiger partial charge in [0.05, 0.1) is 0 Å². The number of hydrogen-bond donors (Lipinski definition) is 1. The summed E-state index contributed by atoms with van der Waals surface area (Å²) in [6, 6.07) is 0. The highest BCUT2D eigenvalue weighted by atomic mass is 16.4. The van der Waals surface area contributed by atoms with Gasteiger partial charge in [0, 0.05) is 38.4 Å². The molecule has 0 aromatic carbocycles. The number of imidazole rings is 1. The number of aliphatic carboxylic acids is 1. The van der Waals surface area contributed by atoms with E-state index in [2.05, 4.69) is 20.5 Å². The van der Waals surface area contributed by atoms with E-state index in [9.17, 15) is 14.7 Å². The van der Waals surface area contributed by atoms with Crippen LogP contribution in [0.1, 0.15) is 31.5 Å². The van der Waals surface area contributed by atoms with Crippen molar-refractivity contribution in [2.75, 3.05) is 13.1 Å². The maximum atomic E-state index is 12.4. The molecule has 1 aliphatic heterocycles. The Morgan fingerprint density at radius 3 is 2.64 bits per heavy atom. The topological polar surface area (TPSA) is 119 Å². The average molecular weight is 347 g/mol. The van der Waals surface area contributed by atoms with E-state index in [4.69, 9.17) is 0 Å². The van der Waals surface area contributed by atoms with E-state index in [1.807, 2.05) is 0 Å². The van der Waals surface area contributed by atoms with Crippen LogP contribution in [-0.2, 0) is 21.7 Å². The largest absolute Gasteiger partial charge is 0.479 e. The second-order valence-electron chi connectivity index (χ2n) is 6.24. The highest BCUT2D eigenvalue weighted by Gasteiger charge is 2.44. The van der Waals surface area contributed by atoms with E-state index < -0.39 is 11.5 Å². The first kappa shape index (κ1) is 17.1. The molecule has 0 unspecified atom stereocenters. The van der Waals surface area contributed by atoms with Crippen LogP contribution in [0.4, 0.5) is 0 Å². The molecule has 0 atom stereocenters. The Kier molecular flexibility index (Phi) is 4.77. The van der Waals surface area contributed by atoms with E-state index in [-0.39, 0.29) is 5.91 Å². The molecule has 10 nitrogen and oxygen atoms in total. The maximum Gasteiger partial charge on any atom is 0.330 e. The molecule has 0 saturated carbocycles. The van der Waals surface area contributed by atoms with Gasteiger partial charge in [0.1, 0.15) is 17.7 Å². The fourth-order valence-electron chi connectivity index (χ4n) is 3.35. The lowest BCUT2D eigenvalue weighted by atomic mass is 9.86. The van der Waals surface area contributed by atoms with Crippen LogP contribution in [0.15, 0.2) is 18.7 Å². The summed E-state index contributed by atoms with van der Waals surface area (Å²) in [4.78, 5) is 30.2. The Bertz CT molecular complexity index is 732. The molecule has 1 amide bonds. The van der Waals surface area contributed by atoms with Crippen LogP contribution < -0.4 is 0 Å². The van der Waals surface area contributed by atoms with Gasteiger partial charge in [-0.1, -0.05) is 0 Å². The SMILES string of the molecule is Cc1nccn1C1(C(=O)O)CCN(C(=O)CCCn2cnnn2)CC1. The van der Waals surface area contributed by atoms with E-state index in [1.54, 1.807) is 33.5 Å². The van der Waals surface area contributed by atoms with Gasteiger partial charge < -0.3 is 14.6 Å². The first-order chi connectivity index (χ1) is 12.0. The zero-order chi connectivity index (χ0) is 17.9. The van der Waals surface area contributed by atoms with E-state index in [1.165, 1.54) is 6.33 Å². The number of amides is 1. The molecule has 1 fully saturated rings. The molecule has 0 spiro atoms. The molecule has 3 rings (SSSR count). The Morgan fingerprint density at radius 2 is 2.08 bits per heavy atom. The van der Waals surface area contributed by atoms with Crippen LogP contribution in [0.5, 0.6) is 0 Å². The minimum Gasteiger partial charge on any atom is -0.479 e. The summed E-state index contributed by atoms with van der Waals surface area (Å²) in [5.74, 6) is -0.169. The van der Waals surface area contributed by atoms with Gasteiger partial charge >= 0.3 is 5.97 Å². The lowest BCUT2D eigenvalue weighted by Crippen LogP contribution is -2.52. The summed E-state index contributed by atoms with van der Waals surface area (Å²) in [7, 11) is 0. The third kappa shape index (κ3) is 3.37. The quantitative estimate of drug-likeness (QED) is 0.784. The van der Waals surface area contributed by atoms with Gasteiger partial charge in [-0.2, -0.15) is 0 Å². The Balaban J connectivity index is 1.57. The zero-order valence-electron chi connectivity index (χ0n) is 14.1. The van der Waals surface area contributed by atoms with Crippen LogP contribution in [0, 0.1) is 6.92 Å². The number of aryl methyl sites for hydroxylation is 2. The first-order valence-corrected chi connectivity index (χ1v) is 8.25. The van der Waals surface area contributed by atoms with Crippen molar-refractivity contribution in [3.8, 4) is 0 Å². The lowest BCUT2D eigenvalue weighted by molar-refractivity contribution is -0.152. The van der Waals surface area contributed by atoms with Crippen molar-refractivity contribution in [2.24, 2.45) is 0 Å². The number of carbonyl (C=O) groups is 2. The molecule has 25 heavy (non-hydrogen) atoms. The lowest BCUT2D eigenvalue weighted by Gasteiger charge is -2.40. The van der Waals surface area contributed by atoms with Crippen LogP contribution in [-0.4, -0.2) is 64.7 Å². The monoisotopic (exact) mass is 347 g/mol. The van der Waals surface area contributed by atoms with Crippen LogP contribution in [0.25, 0.3) is 0 Å². The van der Waals surface area contributed by atoms with Gasteiger partial charge in [-0.3, -0.25) is 4.79 Å². The van der Waals surface area contributed by atoms with Gasteiger partial charge in [-0.05, 0) is 36.6 Å². The molecular weight excluding hydrogens is 326 g/mol. The molecule has 0 bridgehead atoms. The summed E-state index contributed by atoms with van der Waals surface area (Å²) in [6.45, 7) is 3.22. The molecule has 3 heterocycles. The van der Waals surface area contributed by atoms with Crippen molar-refractivity contribution in [1.82, 2.24) is 34.7 Å². The van der Waals surface area contributed by atoms with Crippen LogP contribution >= 0.6 is 0 Å². The number of carboxylic acid groups (broad SMARTS) is 1. The summed E-state index contributed by atoms with van der Waals surface area (Å²) < 4.78 is 3.30. The Morgan fingerprint density at radius 1 is 1.32 bits per heavy atom. The molecule has 2 aromatic heterocycles. The van der Waals surface area contributed by atoms with Crippen molar-refractivity contribution in [3.63, 3.8) is 0 Å². The van der Waals surface area contributed by atoms with E-state index in [0.29, 0.717) is 51.1 Å². The fourth-order valence-corrected chi connectivity index (χ4v) is 3.35. The molecule has 2 aromatic rings. The third-order valence-electron chi connectivity index (χ3n) is 4.80. The fraction of sp³-hybridized carbons (Fsp3) is 0.600. The minimum absolute atomic E-state index is 0.0365. The molecule has 1 saturated heterocycles. The molecular formula is C15H21N7O3. The predicted octanol–water partition coefficient (Wildman–Crippen LogP) is 0.0607. The molecule has 1 N–H and O–H groups in total. The van der Waals surface area contributed by atoms with Crippen LogP contribution in [0.2, 0.25) is 0 Å². The van der Waals surface area contributed by atoms with Gasteiger partial charge in [0.25, 0.3) is 0 Å². The van der Waals surface area contributed by atoms with Crippen molar-refractivity contribution < 1.29 is 14.7 Å². The number of carbonyl (C=O) groups excluding carboxylic acids is 1. The van der Waals surface area contributed by atoms with Crippen molar-refractivity contribution in [1.29, 1.82) is 0 Å². The molecule has 1 aliphatic rings. The highest BCUT2D eigenvalue weighted by Crippen LogP contribution is 2.32. The average Bonchev–Trinajstić information content (AvgIpc) is 3.26. The van der Waals surface area contributed by atoms with Gasteiger partial charge in [-0.25, -0.2) is 14.5 Å². The second kappa shape index (κ2) is 6.99. The number of carboxylic acids is 1. The molecule has 134 valence electrons. The van der Waals surface area contributed by atoms with Crippen LogP contribution in [0.3, 0.4) is 0 Å². The molecule has 10 heteroatoms. The normalized spacial score (nSPS) is 16.8. The summed E-state index contributed by atoms with van der Waals surface area (Å²) in [5, 5.41) is 20.6. The first-order valence-electron chi connectivity index (χ1n) is 8.25. The van der Waals surface area contributed by atoms with Crippen molar-refractivity contribution in [2.45, 2.75) is 44.7 Å². The summed E-state index contributed by atoms with van der Waals surface area (Å²) in [5.41, 5.74) is -1.02. The molecule has 0 radical (unpaired) electrons.